The quantitative estimate of drug-likeness (QED) is 0.740. The molecule has 0 atom stereocenters. The minimum atomic E-state index is 0.407. The number of hydrogen-bond acceptors (Lipinski definition) is 1. The van der Waals surface area contributed by atoms with Gasteiger partial charge in [-0.05, 0) is 24.0 Å². The van der Waals surface area contributed by atoms with Gasteiger partial charge in [-0.1, -0.05) is 57.5 Å². The maximum Gasteiger partial charge on any atom is 0.133 e. The summed E-state index contributed by atoms with van der Waals surface area (Å²) in [6.45, 7) is 8.33. The molecule has 0 aliphatic rings. The van der Waals surface area contributed by atoms with Crippen LogP contribution in [0.5, 0.6) is 0 Å². The number of halogens is 1. The molecule has 17 heavy (non-hydrogen) atoms. The molecule has 0 aromatic heterocycles. The SMILES string of the molecule is CC(C)CC(=O)CC(C)C.Clc1ccccc1. The molecule has 0 aliphatic carbocycles. The topological polar surface area (TPSA) is 17.1 Å². The van der Waals surface area contributed by atoms with Crippen molar-refractivity contribution in [1.82, 2.24) is 0 Å². The molecule has 1 nitrogen and oxygen atoms in total. The number of benzene rings is 1. The lowest BCUT2D eigenvalue weighted by Gasteiger charge is -2.05. The van der Waals surface area contributed by atoms with Crippen LogP contribution in [0.25, 0.3) is 0 Å². The van der Waals surface area contributed by atoms with Gasteiger partial charge in [0.15, 0.2) is 0 Å². The van der Waals surface area contributed by atoms with Crippen LogP contribution in [0.4, 0.5) is 0 Å². The summed E-state index contributed by atoms with van der Waals surface area (Å²) in [6, 6.07) is 9.44. The summed E-state index contributed by atoms with van der Waals surface area (Å²) in [7, 11) is 0. The lowest BCUT2D eigenvalue weighted by molar-refractivity contribution is -0.120. The summed E-state index contributed by atoms with van der Waals surface area (Å²) in [5.41, 5.74) is 0. The van der Waals surface area contributed by atoms with Gasteiger partial charge in [0.2, 0.25) is 0 Å². The highest BCUT2D eigenvalue weighted by Crippen LogP contribution is 2.07. The van der Waals surface area contributed by atoms with Crippen molar-refractivity contribution in [3.63, 3.8) is 0 Å². The molecular formula is C15H23ClO. The number of Topliss-reactive ketones (excluding diaryl/α,β-unsaturated/α-hetero) is 1. The first-order valence-corrected chi connectivity index (χ1v) is 6.51. The molecule has 0 N–H and O–H groups in total. The molecule has 1 aromatic rings. The van der Waals surface area contributed by atoms with E-state index in [9.17, 15) is 4.79 Å². The van der Waals surface area contributed by atoms with E-state index in [1.54, 1.807) is 0 Å². The normalized spacial score (nSPS) is 10.1. The van der Waals surface area contributed by atoms with Crippen molar-refractivity contribution >= 4 is 17.4 Å². The van der Waals surface area contributed by atoms with Crippen molar-refractivity contribution in [3.8, 4) is 0 Å². The third-order valence-corrected chi connectivity index (χ3v) is 2.26. The molecule has 0 amide bonds. The lowest BCUT2D eigenvalue weighted by Crippen LogP contribution is -2.05. The van der Waals surface area contributed by atoms with Crippen molar-refractivity contribution in [2.24, 2.45) is 11.8 Å². The summed E-state index contributed by atoms with van der Waals surface area (Å²) in [5, 5.41) is 0.794. The number of carbonyl (C=O) groups is 1. The van der Waals surface area contributed by atoms with Gasteiger partial charge in [0, 0.05) is 17.9 Å². The highest BCUT2D eigenvalue weighted by molar-refractivity contribution is 6.30. The second-order valence-electron chi connectivity index (χ2n) is 5.03. The Hall–Kier alpha value is -0.820. The first kappa shape index (κ1) is 16.2. The van der Waals surface area contributed by atoms with E-state index in [-0.39, 0.29) is 0 Å². The predicted molar refractivity (Wildman–Crippen MR) is 75.4 cm³/mol. The van der Waals surface area contributed by atoms with Crippen LogP contribution in [0.1, 0.15) is 40.5 Å². The van der Waals surface area contributed by atoms with Crippen LogP contribution in [0.15, 0.2) is 30.3 Å². The maximum atomic E-state index is 11.1. The largest absolute Gasteiger partial charge is 0.300 e. The fourth-order valence-electron chi connectivity index (χ4n) is 1.41. The molecule has 0 radical (unpaired) electrons. The summed E-state index contributed by atoms with van der Waals surface area (Å²) in [4.78, 5) is 11.1. The molecule has 0 saturated carbocycles. The minimum absolute atomic E-state index is 0.407. The molecule has 0 heterocycles. The molecule has 96 valence electrons. The van der Waals surface area contributed by atoms with Gasteiger partial charge in [0.1, 0.15) is 5.78 Å². The van der Waals surface area contributed by atoms with Crippen LogP contribution in [-0.2, 0) is 4.79 Å². The third-order valence-electron chi connectivity index (χ3n) is 2.00. The molecular weight excluding hydrogens is 232 g/mol. The predicted octanol–water partition coefficient (Wildman–Crippen LogP) is 4.99. The van der Waals surface area contributed by atoms with Crippen molar-refractivity contribution in [2.75, 3.05) is 0 Å². The van der Waals surface area contributed by atoms with Gasteiger partial charge >= 0.3 is 0 Å². The lowest BCUT2D eigenvalue weighted by atomic mass is 10.00. The van der Waals surface area contributed by atoms with E-state index in [0.717, 1.165) is 17.9 Å². The molecule has 0 unspecified atom stereocenters. The molecule has 2 heteroatoms. The Morgan fingerprint density at radius 2 is 1.41 bits per heavy atom. The number of carbonyl (C=O) groups excluding carboxylic acids is 1. The van der Waals surface area contributed by atoms with Gasteiger partial charge in [-0.2, -0.15) is 0 Å². The Bertz CT molecular complexity index is 292. The van der Waals surface area contributed by atoms with E-state index in [2.05, 4.69) is 27.7 Å². The number of hydrogen-bond donors (Lipinski definition) is 0. The van der Waals surface area contributed by atoms with Crippen LogP contribution in [-0.4, -0.2) is 5.78 Å². The second kappa shape index (κ2) is 9.23. The van der Waals surface area contributed by atoms with Gasteiger partial charge in [-0.3, -0.25) is 4.79 Å². The van der Waals surface area contributed by atoms with Crippen LogP contribution in [0.3, 0.4) is 0 Å². The Morgan fingerprint density at radius 1 is 1.00 bits per heavy atom. The van der Waals surface area contributed by atoms with Gasteiger partial charge in [0.25, 0.3) is 0 Å². The van der Waals surface area contributed by atoms with E-state index < -0.39 is 0 Å². The molecule has 1 rings (SSSR count). The Labute approximate surface area is 110 Å². The fraction of sp³-hybridized carbons (Fsp3) is 0.533. The van der Waals surface area contributed by atoms with Crippen LogP contribution >= 0.6 is 11.6 Å². The number of rotatable bonds is 4. The number of ketones is 1. The minimum Gasteiger partial charge on any atom is -0.300 e. The van der Waals surface area contributed by atoms with Crippen LogP contribution in [0.2, 0.25) is 5.02 Å². The molecule has 0 aliphatic heterocycles. The molecule has 0 spiro atoms. The van der Waals surface area contributed by atoms with E-state index in [1.165, 1.54) is 0 Å². The zero-order chi connectivity index (χ0) is 13.3. The highest BCUT2D eigenvalue weighted by atomic mass is 35.5. The highest BCUT2D eigenvalue weighted by Gasteiger charge is 2.06. The second-order valence-corrected chi connectivity index (χ2v) is 5.47. The summed E-state index contributed by atoms with van der Waals surface area (Å²) >= 11 is 5.54. The van der Waals surface area contributed by atoms with E-state index in [4.69, 9.17) is 11.6 Å². The summed E-state index contributed by atoms with van der Waals surface area (Å²) in [5.74, 6) is 1.45. The zero-order valence-corrected chi connectivity index (χ0v) is 12.0. The Balaban J connectivity index is 0.000000318. The van der Waals surface area contributed by atoms with Crippen molar-refractivity contribution in [2.45, 2.75) is 40.5 Å². The molecule has 0 bridgehead atoms. The fourth-order valence-corrected chi connectivity index (χ4v) is 1.55. The summed E-state index contributed by atoms with van der Waals surface area (Å²) in [6.07, 6.45) is 1.50. The monoisotopic (exact) mass is 254 g/mol. The summed E-state index contributed by atoms with van der Waals surface area (Å²) < 4.78 is 0. The Morgan fingerprint density at radius 3 is 1.65 bits per heavy atom. The zero-order valence-electron chi connectivity index (χ0n) is 11.2. The van der Waals surface area contributed by atoms with Gasteiger partial charge < -0.3 is 0 Å². The Kier molecular flexibility index (Phi) is 8.79. The molecule has 0 saturated heterocycles. The average Bonchev–Trinajstić information content (AvgIpc) is 2.16. The van der Waals surface area contributed by atoms with E-state index in [1.807, 2.05) is 30.3 Å². The first-order valence-electron chi connectivity index (χ1n) is 6.14. The molecule has 1 aromatic carbocycles. The van der Waals surface area contributed by atoms with Gasteiger partial charge in [-0.25, -0.2) is 0 Å². The standard InChI is InChI=1S/C9H18O.C6H5Cl/c1-7(2)5-9(10)6-8(3)4;7-6-4-2-1-3-5-6/h7-8H,5-6H2,1-4H3;1-5H. The van der Waals surface area contributed by atoms with Gasteiger partial charge in [0.05, 0.1) is 0 Å². The van der Waals surface area contributed by atoms with Gasteiger partial charge in [-0.15, -0.1) is 0 Å². The average molecular weight is 255 g/mol. The first-order chi connectivity index (χ1) is 7.91. The van der Waals surface area contributed by atoms with Crippen LogP contribution < -0.4 is 0 Å². The smallest absolute Gasteiger partial charge is 0.133 e. The molecule has 0 fully saturated rings. The third kappa shape index (κ3) is 11.4. The van der Waals surface area contributed by atoms with E-state index in [0.29, 0.717) is 17.6 Å². The van der Waals surface area contributed by atoms with Crippen LogP contribution in [0, 0.1) is 11.8 Å². The van der Waals surface area contributed by atoms with E-state index >= 15 is 0 Å². The van der Waals surface area contributed by atoms with Crippen molar-refractivity contribution in [3.05, 3.63) is 35.4 Å². The van der Waals surface area contributed by atoms with Crippen molar-refractivity contribution < 1.29 is 4.79 Å². The maximum absolute atomic E-state index is 11.1. The van der Waals surface area contributed by atoms with Crippen molar-refractivity contribution in [1.29, 1.82) is 0 Å².